The van der Waals surface area contributed by atoms with Crippen LogP contribution in [0.3, 0.4) is 0 Å². The zero-order valence-electron chi connectivity index (χ0n) is 12.6. The summed E-state index contributed by atoms with van der Waals surface area (Å²) in [6, 6.07) is 15.4. The normalized spacial score (nSPS) is 10.8. The predicted molar refractivity (Wildman–Crippen MR) is 88.6 cm³/mol. The third-order valence-corrected chi connectivity index (χ3v) is 3.84. The first-order chi connectivity index (χ1) is 10.6. The highest BCUT2D eigenvalue weighted by molar-refractivity contribution is 6.05. The first-order valence-electron chi connectivity index (χ1n) is 7.30. The molecule has 0 aromatic heterocycles. The molecular weight excluding hydrogens is 276 g/mol. The quantitative estimate of drug-likeness (QED) is 0.693. The average molecular weight is 294 g/mol. The second-order valence-electron chi connectivity index (χ2n) is 5.18. The lowest BCUT2D eigenvalue weighted by Gasteiger charge is -2.16. The van der Waals surface area contributed by atoms with E-state index in [0.717, 1.165) is 11.1 Å². The molecule has 112 valence electrons. The van der Waals surface area contributed by atoms with Crippen LogP contribution in [-0.4, -0.2) is 16.8 Å². The van der Waals surface area contributed by atoms with Gasteiger partial charge >= 0.3 is 0 Å². The molecule has 0 aliphatic rings. The van der Waals surface area contributed by atoms with Crippen LogP contribution in [0.1, 0.15) is 12.5 Å². The second kappa shape index (κ2) is 5.60. The van der Waals surface area contributed by atoms with E-state index in [-0.39, 0.29) is 11.5 Å². The molecule has 22 heavy (non-hydrogen) atoms. The van der Waals surface area contributed by atoms with Crippen LogP contribution < -0.4 is 4.74 Å². The van der Waals surface area contributed by atoms with Gasteiger partial charge in [-0.05, 0) is 25.0 Å². The molecule has 0 spiro atoms. The second-order valence-corrected chi connectivity index (χ2v) is 5.18. The van der Waals surface area contributed by atoms with Crippen LogP contribution in [0.5, 0.6) is 17.2 Å². The SMILES string of the molecule is CCOc1c(C)c(O)c2c(-c3ccccc3)cccc2c1O. The number of rotatable bonds is 3. The molecular formula is C19H18O3. The topological polar surface area (TPSA) is 49.7 Å². The Kier molecular flexibility index (Phi) is 3.63. The van der Waals surface area contributed by atoms with Gasteiger partial charge in [0, 0.05) is 16.3 Å². The summed E-state index contributed by atoms with van der Waals surface area (Å²) >= 11 is 0. The van der Waals surface area contributed by atoms with Crippen LogP contribution in [0.2, 0.25) is 0 Å². The number of aromatic hydroxyl groups is 2. The van der Waals surface area contributed by atoms with Gasteiger partial charge in [-0.1, -0.05) is 48.5 Å². The summed E-state index contributed by atoms with van der Waals surface area (Å²) in [4.78, 5) is 0. The number of ether oxygens (including phenoxy) is 1. The number of phenols is 2. The first-order valence-corrected chi connectivity index (χ1v) is 7.30. The molecule has 0 heterocycles. The Bertz CT molecular complexity index is 823. The third-order valence-electron chi connectivity index (χ3n) is 3.84. The van der Waals surface area contributed by atoms with Gasteiger partial charge in [0.15, 0.2) is 11.5 Å². The summed E-state index contributed by atoms with van der Waals surface area (Å²) in [5.74, 6) is 0.568. The number of benzene rings is 3. The van der Waals surface area contributed by atoms with Crippen molar-refractivity contribution in [3.8, 4) is 28.4 Å². The zero-order chi connectivity index (χ0) is 15.7. The van der Waals surface area contributed by atoms with E-state index in [0.29, 0.717) is 28.7 Å². The standard InChI is InChI=1S/C19H18O3/c1-3-22-19-12(2)17(20)16-14(13-8-5-4-6-9-13)10-7-11-15(16)18(19)21/h4-11,20-21H,3H2,1-2H3. The van der Waals surface area contributed by atoms with Crippen molar-refractivity contribution in [2.75, 3.05) is 6.61 Å². The molecule has 3 heteroatoms. The summed E-state index contributed by atoms with van der Waals surface area (Å²) in [6.07, 6.45) is 0. The molecule has 0 saturated carbocycles. The number of fused-ring (bicyclic) bond motifs is 1. The molecule has 2 N–H and O–H groups in total. The number of hydrogen-bond donors (Lipinski definition) is 2. The maximum Gasteiger partial charge on any atom is 0.168 e. The monoisotopic (exact) mass is 294 g/mol. The van der Waals surface area contributed by atoms with Crippen molar-refractivity contribution >= 4 is 10.8 Å². The van der Waals surface area contributed by atoms with E-state index in [9.17, 15) is 10.2 Å². The fourth-order valence-corrected chi connectivity index (χ4v) is 2.78. The minimum Gasteiger partial charge on any atom is -0.507 e. The minimum atomic E-state index is 0.0740. The Morgan fingerprint density at radius 2 is 1.64 bits per heavy atom. The highest BCUT2D eigenvalue weighted by Crippen LogP contribution is 2.47. The smallest absolute Gasteiger partial charge is 0.168 e. The van der Waals surface area contributed by atoms with Gasteiger partial charge in [-0.3, -0.25) is 0 Å². The summed E-state index contributed by atoms with van der Waals surface area (Å²) in [7, 11) is 0. The van der Waals surface area contributed by atoms with Crippen molar-refractivity contribution < 1.29 is 14.9 Å². The summed E-state index contributed by atoms with van der Waals surface area (Å²) in [6.45, 7) is 4.03. The molecule has 0 unspecified atom stereocenters. The van der Waals surface area contributed by atoms with E-state index >= 15 is 0 Å². The third kappa shape index (κ3) is 2.15. The van der Waals surface area contributed by atoms with Crippen LogP contribution in [0.15, 0.2) is 48.5 Å². The van der Waals surface area contributed by atoms with E-state index < -0.39 is 0 Å². The lowest BCUT2D eigenvalue weighted by molar-refractivity contribution is 0.315. The van der Waals surface area contributed by atoms with Crippen molar-refractivity contribution in [2.24, 2.45) is 0 Å². The number of phenolic OH excluding ortho intramolecular Hbond substituents is 2. The number of hydrogen-bond acceptors (Lipinski definition) is 3. The molecule has 0 saturated heterocycles. The fourth-order valence-electron chi connectivity index (χ4n) is 2.78. The van der Waals surface area contributed by atoms with Crippen LogP contribution in [0.25, 0.3) is 21.9 Å². The highest BCUT2D eigenvalue weighted by Gasteiger charge is 2.19. The highest BCUT2D eigenvalue weighted by atomic mass is 16.5. The van der Waals surface area contributed by atoms with Crippen molar-refractivity contribution in [3.63, 3.8) is 0 Å². The van der Waals surface area contributed by atoms with E-state index in [4.69, 9.17) is 4.74 Å². The van der Waals surface area contributed by atoms with Crippen molar-refractivity contribution in [2.45, 2.75) is 13.8 Å². The molecule has 0 aliphatic carbocycles. The summed E-state index contributed by atoms with van der Waals surface area (Å²) in [5.41, 5.74) is 2.43. The van der Waals surface area contributed by atoms with Crippen LogP contribution in [-0.2, 0) is 0 Å². The van der Waals surface area contributed by atoms with E-state index in [1.54, 1.807) is 13.0 Å². The molecule has 0 aliphatic heterocycles. The van der Waals surface area contributed by atoms with Gasteiger partial charge in [0.05, 0.1) is 6.61 Å². The van der Waals surface area contributed by atoms with Crippen LogP contribution in [0, 0.1) is 6.92 Å². The molecule has 0 bridgehead atoms. The van der Waals surface area contributed by atoms with Crippen LogP contribution >= 0.6 is 0 Å². The van der Waals surface area contributed by atoms with Gasteiger partial charge in [0.1, 0.15) is 5.75 Å². The molecule has 0 amide bonds. The molecule has 3 rings (SSSR count). The summed E-state index contributed by atoms with van der Waals surface area (Å²) < 4.78 is 5.49. The Hall–Kier alpha value is -2.68. The Balaban J connectivity index is 2.39. The maximum atomic E-state index is 10.6. The van der Waals surface area contributed by atoms with Gasteiger partial charge in [0.25, 0.3) is 0 Å². The van der Waals surface area contributed by atoms with E-state index in [2.05, 4.69) is 0 Å². The molecule has 0 fully saturated rings. The lowest BCUT2D eigenvalue weighted by atomic mass is 9.95. The van der Waals surface area contributed by atoms with Crippen molar-refractivity contribution in [1.82, 2.24) is 0 Å². The molecule has 0 radical (unpaired) electrons. The van der Waals surface area contributed by atoms with Crippen LogP contribution in [0.4, 0.5) is 0 Å². The summed E-state index contributed by atoms with van der Waals surface area (Å²) in [5, 5.41) is 22.4. The Morgan fingerprint density at radius 3 is 2.32 bits per heavy atom. The maximum absolute atomic E-state index is 10.6. The Labute approximate surface area is 129 Å². The van der Waals surface area contributed by atoms with Gasteiger partial charge in [-0.2, -0.15) is 0 Å². The van der Waals surface area contributed by atoms with Gasteiger partial charge in [-0.25, -0.2) is 0 Å². The van der Waals surface area contributed by atoms with E-state index in [1.807, 2.05) is 49.4 Å². The molecule has 0 atom stereocenters. The average Bonchev–Trinajstić information content (AvgIpc) is 2.57. The molecule has 3 nitrogen and oxygen atoms in total. The first kappa shape index (κ1) is 14.3. The van der Waals surface area contributed by atoms with Gasteiger partial charge in [0.2, 0.25) is 0 Å². The van der Waals surface area contributed by atoms with E-state index in [1.165, 1.54) is 0 Å². The minimum absolute atomic E-state index is 0.0740. The Morgan fingerprint density at radius 1 is 0.909 bits per heavy atom. The molecule has 3 aromatic carbocycles. The largest absolute Gasteiger partial charge is 0.507 e. The van der Waals surface area contributed by atoms with Crippen molar-refractivity contribution in [3.05, 3.63) is 54.1 Å². The van der Waals surface area contributed by atoms with Gasteiger partial charge < -0.3 is 14.9 Å². The van der Waals surface area contributed by atoms with Crippen molar-refractivity contribution in [1.29, 1.82) is 0 Å². The van der Waals surface area contributed by atoms with Gasteiger partial charge in [-0.15, -0.1) is 0 Å². The predicted octanol–water partition coefficient (Wildman–Crippen LogP) is 4.63. The molecule has 3 aromatic rings. The zero-order valence-corrected chi connectivity index (χ0v) is 12.6. The fraction of sp³-hybridized carbons (Fsp3) is 0.158. The lowest BCUT2D eigenvalue weighted by Crippen LogP contribution is -1.96.